The second-order valence-corrected chi connectivity index (χ2v) is 3.22. The van der Waals surface area contributed by atoms with Crippen LogP contribution in [0, 0.1) is 0 Å². The maximum absolute atomic E-state index is 9.15. The molecule has 0 bridgehead atoms. The summed E-state index contributed by atoms with van der Waals surface area (Å²) in [6.07, 6.45) is 0. The van der Waals surface area contributed by atoms with Crippen molar-refractivity contribution in [3.8, 4) is 0 Å². The predicted molar refractivity (Wildman–Crippen MR) is 58.7 cm³/mol. The first-order valence-electron chi connectivity index (χ1n) is 4.99. The lowest BCUT2D eigenvalue weighted by atomic mass is 10.1. The van der Waals surface area contributed by atoms with Crippen molar-refractivity contribution in [1.82, 2.24) is 0 Å². The Kier molecular flexibility index (Phi) is 5.10. The fourth-order valence-electron chi connectivity index (χ4n) is 1.55. The standard InChI is InChI=1S/C11H17NO3/c13-7-5-12(6-8-14)11-4-2-1-3-10(11)9-15/h1-4,13-15H,5-9H2. The fourth-order valence-corrected chi connectivity index (χ4v) is 1.55. The van der Waals surface area contributed by atoms with Crippen LogP contribution >= 0.6 is 0 Å². The Morgan fingerprint density at radius 1 is 0.933 bits per heavy atom. The zero-order valence-corrected chi connectivity index (χ0v) is 8.63. The topological polar surface area (TPSA) is 63.9 Å². The summed E-state index contributed by atoms with van der Waals surface area (Å²) < 4.78 is 0. The summed E-state index contributed by atoms with van der Waals surface area (Å²) in [5.41, 5.74) is 1.67. The van der Waals surface area contributed by atoms with Crippen LogP contribution in [0.4, 0.5) is 5.69 Å². The number of nitrogens with zero attached hydrogens (tertiary/aromatic N) is 1. The molecule has 4 nitrogen and oxygen atoms in total. The molecule has 0 aliphatic carbocycles. The molecular weight excluding hydrogens is 194 g/mol. The maximum atomic E-state index is 9.15. The molecule has 0 radical (unpaired) electrons. The van der Waals surface area contributed by atoms with Gasteiger partial charge in [-0.3, -0.25) is 0 Å². The van der Waals surface area contributed by atoms with Crippen molar-refractivity contribution in [2.24, 2.45) is 0 Å². The summed E-state index contributed by atoms with van der Waals surface area (Å²) in [6, 6.07) is 7.43. The Morgan fingerprint density at radius 2 is 1.53 bits per heavy atom. The minimum Gasteiger partial charge on any atom is -0.395 e. The van der Waals surface area contributed by atoms with Crippen LogP contribution in [0.1, 0.15) is 5.56 Å². The normalized spacial score (nSPS) is 10.3. The van der Waals surface area contributed by atoms with Gasteiger partial charge in [0, 0.05) is 24.3 Å². The highest BCUT2D eigenvalue weighted by molar-refractivity contribution is 5.53. The smallest absolute Gasteiger partial charge is 0.0702 e. The van der Waals surface area contributed by atoms with Gasteiger partial charge in [0.1, 0.15) is 0 Å². The molecule has 84 valence electrons. The lowest BCUT2D eigenvalue weighted by molar-refractivity contribution is 0.274. The van der Waals surface area contributed by atoms with Gasteiger partial charge in [0.25, 0.3) is 0 Å². The summed E-state index contributed by atoms with van der Waals surface area (Å²) in [5, 5.41) is 27.0. The third-order valence-corrected chi connectivity index (χ3v) is 2.24. The zero-order valence-electron chi connectivity index (χ0n) is 8.63. The third-order valence-electron chi connectivity index (χ3n) is 2.24. The molecule has 0 amide bonds. The molecule has 15 heavy (non-hydrogen) atoms. The molecule has 1 aromatic carbocycles. The van der Waals surface area contributed by atoms with Gasteiger partial charge in [-0.2, -0.15) is 0 Å². The SMILES string of the molecule is OCCN(CCO)c1ccccc1CO. The summed E-state index contributed by atoms with van der Waals surface area (Å²) in [7, 11) is 0. The van der Waals surface area contributed by atoms with Crippen molar-refractivity contribution in [2.75, 3.05) is 31.2 Å². The number of anilines is 1. The number of para-hydroxylation sites is 1. The van der Waals surface area contributed by atoms with Gasteiger partial charge < -0.3 is 20.2 Å². The van der Waals surface area contributed by atoms with Crippen molar-refractivity contribution in [1.29, 1.82) is 0 Å². The molecule has 0 atom stereocenters. The Bertz CT molecular complexity index is 285. The molecule has 4 heteroatoms. The lowest BCUT2D eigenvalue weighted by Crippen LogP contribution is -2.30. The van der Waals surface area contributed by atoms with E-state index in [4.69, 9.17) is 15.3 Å². The van der Waals surface area contributed by atoms with E-state index in [1.54, 1.807) is 0 Å². The molecule has 0 saturated heterocycles. The molecule has 1 rings (SSSR count). The van der Waals surface area contributed by atoms with E-state index >= 15 is 0 Å². The van der Waals surface area contributed by atoms with Gasteiger partial charge in [-0.05, 0) is 6.07 Å². The number of aliphatic hydroxyl groups excluding tert-OH is 3. The summed E-state index contributed by atoms with van der Waals surface area (Å²) in [5.74, 6) is 0. The molecule has 1 aromatic rings. The quantitative estimate of drug-likeness (QED) is 0.618. The van der Waals surface area contributed by atoms with E-state index in [-0.39, 0.29) is 19.8 Å². The minimum atomic E-state index is -0.0382. The molecule has 0 aromatic heterocycles. The van der Waals surface area contributed by atoms with E-state index in [2.05, 4.69) is 0 Å². The minimum absolute atomic E-state index is 0.0275. The van der Waals surface area contributed by atoms with Crippen LogP contribution in [-0.4, -0.2) is 41.6 Å². The Balaban J connectivity index is 2.88. The molecule has 0 spiro atoms. The van der Waals surface area contributed by atoms with E-state index < -0.39 is 0 Å². The van der Waals surface area contributed by atoms with Gasteiger partial charge in [0.15, 0.2) is 0 Å². The van der Waals surface area contributed by atoms with Crippen molar-refractivity contribution in [3.05, 3.63) is 29.8 Å². The van der Waals surface area contributed by atoms with Crippen molar-refractivity contribution in [3.63, 3.8) is 0 Å². The first-order valence-corrected chi connectivity index (χ1v) is 4.99. The highest BCUT2D eigenvalue weighted by Crippen LogP contribution is 2.19. The molecule has 0 fully saturated rings. The van der Waals surface area contributed by atoms with E-state index in [9.17, 15) is 0 Å². The lowest BCUT2D eigenvalue weighted by Gasteiger charge is -2.25. The highest BCUT2D eigenvalue weighted by atomic mass is 16.3. The van der Waals surface area contributed by atoms with Crippen LogP contribution in [-0.2, 0) is 6.61 Å². The van der Waals surface area contributed by atoms with E-state index in [1.807, 2.05) is 29.2 Å². The molecule has 0 aliphatic rings. The van der Waals surface area contributed by atoms with E-state index in [0.29, 0.717) is 13.1 Å². The first kappa shape index (κ1) is 12.0. The van der Waals surface area contributed by atoms with E-state index in [1.165, 1.54) is 0 Å². The van der Waals surface area contributed by atoms with Crippen molar-refractivity contribution >= 4 is 5.69 Å². The molecule has 0 heterocycles. The van der Waals surface area contributed by atoms with Crippen LogP contribution in [0.2, 0.25) is 0 Å². The zero-order chi connectivity index (χ0) is 11.1. The van der Waals surface area contributed by atoms with Crippen molar-refractivity contribution in [2.45, 2.75) is 6.61 Å². The second-order valence-electron chi connectivity index (χ2n) is 3.22. The monoisotopic (exact) mass is 211 g/mol. The summed E-state index contributed by atoms with van der Waals surface area (Å²) >= 11 is 0. The van der Waals surface area contributed by atoms with Crippen LogP contribution in [0.15, 0.2) is 24.3 Å². The Hall–Kier alpha value is -1.10. The van der Waals surface area contributed by atoms with Crippen LogP contribution < -0.4 is 4.90 Å². The number of rotatable bonds is 6. The highest BCUT2D eigenvalue weighted by Gasteiger charge is 2.08. The second kappa shape index (κ2) is 6.40. The average molecular weight is 211 g/mol. The maximum Gasteiger partial charge on any atom is 0.0702 e. The molecular formula is C11H17NO3. The third kappa shape index (κ3) is 3.20. The van der Waals surface area contributed by atoms with Gasteiger partial charge in [-0.1, -0.05) is 18.2 Å². The first-order chi connectivity index (χ1) is 7.33. The Labute approximate surface area is 89.4 Å². The predicted octanol–water partition coefficient (Wildman–Crippen LogP) is -0.0301. The Morgan fingerprint density at radius 3 is 2.07 bits per heavy atom. The largest absolute Gasteiger partial charge is 0.395 e. The number of benzene rings is 1. The molecule has 0 unspecified atom stereocenters. The van der Waals surface area contributed by atoms with Gasteiger partial charge in [0.2, 0.25) is 0 Å². The number of aliphatic hydroxyl groups is 3. The van der Waals surface area contributed by atoms with Gasteiger partial charge in [-0.25, -0.2) is 0 Å². The number of hydrogen-bond acceptors (Lipinski definition) is 4. The van der Waals surface area contributed by atoms with Crippen molar-refractivity contribution < 1.29 is 15.3 Å². The van der Waals surface area contributed by atoms with Gasteiger partial charge >= 0.3 is 0 Å². The fraction of sp³-hybridized carbons (Fsp3) is 0.455. The van der Waals surface area contributed by atoms with Crippen LogP contribution in [0.25, 0.3) is 0 Å². The van der Waals surface area contributed by atoms with Gasteiger partial charge in [0.05, 0.1) is 19.8 Å². The van der Waals surface area contributed by atoms with Crippen LogP contribution in [0.3, 0.4) is 0 Å². The van der Waals surface area contributed by atoms with E-state index in [0.717, 1.165) is 11.3 Å². The molecule has 3 N–H and O–H groups in total. The molecule has 0 aliphatic heterocycles. The van der Waals surface area contributed by atoms with Crippen LogP contribution in [0.5, 0.6) is 0 Å². The number of hydrogen-bond donors (Lipinski definition) is 3. The molecule has 0 saturated carbocycles. The summed E-state index contributed by atoms with van der Waals surface area (Å²) in [4.78, 5) is 1.85. The summed E-state index contributed by atoms with van der Waals surface area (Å²) in [6.45, 7) is 0.929. The van der Waals surface area contributed by atoms with Gasteiger partial charge in [-0.15, -0.1) is 0 Å². The average Bonchev–Trinajstić information content (AvgIpc) is 2.29.